The quantitative estimate of drug-likeness (QED) is 0.551. The van der Waals surface area contributed by atoms with E-state index in [9.17, 15) is 9.18 Å². The molecule has 0 radical (unpaired) electrons. The van der Waals surface area contributed by atoms with Crippen LogP contribution in [0.15, 0.2) is 47.6 Å². The first kappa shape index (κ1) is 19.6. The summed E-state index contributed by atoms with van der Waals surface area (Å²) in [6.07, 6.45) is -0.900. The molecule has 0 N–H and O–H groups in total. The zero-order valence-electron chi connectivity index (χ0n) is 15.6. The minimum absolute atomic E-state index is 0.163. The van der Waals surface area contributed by atoms with Gasteiger partial charge in [-0.15, -0.1) is 10.2 Å². The number of carbonyl (C=O) groups is 1. The summed E-state index contributed by atoms with van der Waals surface area (Å²) in [6, 6.07) is 11.2. The van der Waals surface area contributed by atoms with Crippen LogP contribution in [0.25, 0.3) is 11.3 Å². The molecule has 29 heavy (non-hydrogen) atoms. The molecule has 1 aliphatic heterocycles. The largest absolute Gasteiger partial charge is 0.447 e. The van der Waals surface area contributed by atoms with Gasteiger partial charge in [-0.25, -0.2) is 4.39 Å². The number of benzene rings is 2. The lowest BCUT2D eigenvalue weighted by atomic mass is 10.1. The maximum absolute atomic E-state index is 14.1. The van der Waals surface area contributed by atoms with E-state index in [2.05, 4.69) is 15.2 Å². The monoisotopic (exact) mass is 430 g/mol. The number of hydrogen-bond acceptors (Lipinski definition) is 6. The van der Waals surface area contributed by atoms with Crippen molar-refractivity contribution in [3.05, 3.63) is 58.9 Å². The number of hydrogen-bond donors (Lipinski definition) is 0. The minimum Gasteiger partial charge on any atom is -0.447 e. The van der Waals surface area contributed by atoms with Gasteiger partial charge in [0.1, 0.15) is 5.82 Å². The van der Waals surface area contributed by atoms with Gasteiger partial charge in [0.2, 0.25) is 23.2 Å². The zero-order valence-corrected chi connectivity index (χ0v) is 17.2. The molecule has 148 valence electrons. The van der Waals surface area contributed by atoms with Gasteiger partial charge in [0.15, 0.2) is 5.69 Å². The number of amides is 1. The second-order valence-electron chi connectivity index (χ2n) is 6.22. The maximum atomic E-state index is 14.1. The van der Waals surface area contributed by atoms with Crippen molar-refractivity contribution in [1.82, 2.24) is 15.2 Å². The summed E-state index contributed by atoms with van der Waals surface area (Å²) in [5.41, 5.74) is 1.66. The van der Waals surface area contributed by atoms with E-state index in [1.165, 1.54) is 41.8 Å². The van der Waals surface area contributed by atoms with Crippen LogP contribution in [-0.4, -0.2) is 26.8 Å². The predicted molar refractivity (Wildman–Crippen MR) is 110 cm³/mol. The summed E-state index contributed by atoms with van der Waals surface area (Å²) in [5, 5.41) is 9.20. The van der Waals surface area contributed by atoms with Crippen LogP contribution in [0.1, 0.15) is 25.6 Å². The molecule has 9 heteroatoms. The van der Waals surface area contributed by atoms with Crippen molar-refractivity contribution < 1.29 is 13.9 Å². The fourth-order valence-corrected chi connectivity index (χ4v) is 3.88. The van der Waals surface area contributed by atoms with Crippen LogP contribution in [0.2, 0.25) is 5.02 Å². The molecular formula is C20H16ClFN4O2S. The highest BCUT2D eigenvalue weighted by Gasteiger charge is 2.35. The lowest BCUT2D eigenvalue weighted by molar-refractivity contribution is -0.118. The summed E-state index contributed by atoms with van der Waals surface area (Å²) in [4.78, 5) is 18.5. The number of aromatic nitrogens is 3. The molecule has 0 bridgehead atoms. The molecule has 0 saturated carbocycles. The third-order valence-corrected chi connectivity index (χ3v) is 5.41. The normalized spacial score (nSPS) is 15.2. The van der Waals surface area contributed by atoms with Gasteiger partial charge < -0.3 is 4.74 Å². The molecule has 1 atom stereocenters. The number of thioether (sulfide) groups is 1. The Morgan fingerprint density at radius 3 is 2.79 bits per heavy atom. The van der Waals surface area contributed by atoms with Crippen molar-refractivity contribution >= 4 is 35.0 Å². The van der Waals surface area contributed by atoms with Crippen LogP contribution < -0.4 is 9.64 Å². The van der Waals surface area contributed by atoms with Crippen molar-refractivity contribution in [2.24, 2.45) is 0 Å². The van der Waals surface area contributed by atoms with Crippen molar-refractivity contribution in [2.45, 2.75) is 25.2 Å². The molecule has 1 amide bonds. The Kier molecular flexibility index (Phi) is 5.38. The highest BCUT2D eigenvalue weighted by Crippen LogP contribution is 2.44. The molecule has 1 aromatic heterocycles. The summed E-state index contributed by atoms with van der Waals surface area (Å²) in [7, 11) is 0. The van der Waals surface area contributed by atoms with E-state index in [4.69, 9.17) is 16.3 Å². The van der Waals surface area contributed by atoms with Crippen molar-refractivity contribution in [1.29, 1.82) is 0 Å². The van der Waals surface area contributed by atoms with E-state index in [-0.39, 0.29) is 17.5 Å². The van der Waals surface area contributed by atoms with Gasteiger partial charge in [-0.3, -0.25) is 9.69 Å². The van der Waals surface area contributed by atoms with Gasteiger partial charge in [0, 0.05) is 23.1 Å². The Morgan fingerprint density at radius 2 is 2.07 bits per heavy atom. The Labute approximate surface area is 176 Å². The highest BCUT2D eigenvalue weighted by molar-refractivity contribution is 7.99. The number of halogens is 2. The standard InChI is InChI=1S/C20H16ClFN4O2S/c1-3-29-20-23-18-17(24-25-20)14-10-12(22)8-9-16(14)26(11(2)27)19(28-18)13-6-4-5-7-15(13)21/h4-10,19H,3H2,1-2H3/t19-/m0/s1. The fraction of sp³-hybridized carbons (Fsp3) is 0.200. The van der Waals surface area contributed by atoms with Crippen LogP contribution in [0.3, 0.4) is 0 Å². The van der Waals surface area contributed by atoms with Gasteiger partial charge in [0.25, 0.3) is 0 Å². The number of fused-ring (bicyclic) bond motifs is 3. The van der Waals surface area contributed by atoms with E-state index in [1.807, 2.05) is 6.92 Å². The second-order valence-corrected chi connectivity index (χ2v) is 7.86. The number of rotatable bonds is 3. The molecule has 3 aromatic rings. The van der Waals surface area contributed by atoms with Gasteiger partial charge in [-0.05, 0) is 30.0 Å². The number of nitrogens with zero attached hydrogens (tertiary/aromatic N) is 4. The third-order valence-electron chi connectivity index (χ3n) is 4.35. The number of anilines is 1. The molecule has 2 aromatic carbocycles. The van der Waals surface area contributed by atoms with Gasteiger partial charge in [-0.1, -0.05) is 48.5 Å². The van der Waals surface area contributed by atoms with Crippen LogP contribution in [0.4, 0.5) is 10.1 Å². The average molecular weight is 431 g/mol. The fourth-order valence-electron chi connectivity index (χ4n) is 3.14. The Bertz CT molecular complexity index is 1100. The molecule has 0 aliphatic carbocycles. The summed E-state index contributed by atoms with van der Waals surface area (Å²) < 4.78 is 20.3. The molecule has 2 heterocycles. The zero-order chi connectivity index (χ0) is 20.5. The molecular weight excluding hydrogens is 415 g/mol. The molecule has 0 unspecified atom stereocenters. The summed E-state index contributed by atoms with van der Waals surface area (Å²) >= 11 is 7.81. The van der Waals surface area contributed by atoms with Crippen molar-refractivity contribution in [3.8, 4) is 17.1 Å². The first-order valence-corrected chi connectivity index (χ1v) is 10.2. The van der Waals surface area contributed by atoms with Crippen molar-refractivity contribution in [2.75, 3.05) is 10.7 Å². The lowest BCUT2D eigenvalue weighted by Crippen LogP contribution is -2.36. The Hall–Kier alpha value is -2.71. The SMILES string of the molecule is CCSc1nnc2c(n1)O[C@@H](c1ccccc1Cl)N(C(C)=O)c1ccc(F)cc1-2. The summed E-state index contributed by atoms with van der Waals surface area (Å²) in [6.45, 7) is 3.38. The second kappa shape index (κ2) is 7.96. The lowest BCUT2D eigenvalue weighted by Gasteiger charge is -2.30. The molecule has 0 saturated heterocycles. The van der Waals surface area contributed by atoms with E-state index in [0.29, 0.717) is 27.0 Å². The van der Waals surface area contributed by atoms with Gasteiger partial charge >= 0.3 is 0 Å². The third kappa shape index (κ3) is 3.65. The molecule has 0 spiro atoms. The minimum atomic E-state index is -0.900. The van der Waals surface area contributed by atoms with Crippen molar-refractivity contribution in [3.63, 3.8) is 0 Å². The number of carbonyl (C=O) groups excluding carboxylic acids is 1. The first-order chi connectivity index (χ1) is 14.0. The van der Waals surface area contributed by atoms with Crippen LogP contribution in [0.5, 0.6) is 5.88 Å². The van der Waals surface area contributed by atoms with E-state index in [0.717, 1.165) is 5.75 Å². The Morgan fingerprint density at radius 1 is 1.28 bits per heavy atom. The molecule has 4 rings (SSSR count). The summed E-state index contributed by atoms with van der Waals surface area (Å²) in [5.74, 6) is 0.144. The predicted octanol–water partition coefficient (Wildman–Crippen LogP) is 4.89. The smallest absolute Gasteiger partial charge is 0.247 e. The topological polar surface area (TPSA) is 68.2 Å². The van der Waals surface area contributed by atoms with E-state index < -0.39 is 12.0 Å². The Balaban J connectivity index is 1.99. The van der Waals surface area contributed by atoms with E-state index in [1.54, 1.807) is 24.3 Å². The highest BCUT2D eigenvalue weighted by atomic mass is 35.5. The molecule has 0 fully saturated rings. The molecule has 6 nitrogen and oxygen atoms in total. The van der Waals surface area contributed by atoms with Gasteiger partial charge in [0.05, 0.1) is 5.69 Å². The van der Waals surface area contributed by atoms with Crippen LogP contribution in [-0.2, 0) is 4.79 Å². The number of ether oxygens (including phenoxy) is 1. The van der Waals surface area contributed by atoms with Crippen LogP contribution >= 0.6 is 23.4 Å². The average Bonchev–Trinajstić information content (AvgIpc) is 2.82. The first-order valence-electron chi connectivity index (χ1n) is 8.88. The van der Waals surface area contributed by atoms with Crippen LogP contribution in [0, 0.1) is 5.82 Å². The van der Waals surface area contributed by atoms with Gasteiger partial charge in [-0.2, -0.15) is 4.98 Å². The molecule has 1 aliphatic rings. The van der Waals surface area contributed by atoms with E-state index >= 15 is 0 Å². The maximum Gasteiger partial charge on any atom is 0.247 e.